The largest absolute Gasteiger partial charge is 0.481 e. The Hall–Kier alpha value is -1.98. The van der Waals surface area contributed by atoms with Gasteiger partial charge in [0.25, 0.3) is 0 Å². The second-order valence-corrected chi connectivity index (χ2v) is 4.10. The third-order valence-corrected chi connectivity index (χ3v) is 2.90. The summed E-state index contributed by atoms with van der Waals surface area (Å²) in [5.41, 5.74) is 1.59. The van der Waals surface area contributed by atoms with Gasteiger partial charge in [-0.1, -0.05) is 0 Å². The Morgan fingerprint density at radius 3 is 3.06 bits per heavy atom. The fraction of sp³-hybridized carbons (Fsp3) is 0.400. The molecule has 1 fully saturated rings. The van der Waals surface area contributed by atoms with E-state index in [1.807, 2.05) is 13.0 Å². The molecule has 82 valence electrons. The van der Waals surface area contributed by atoms with Crippen LogP contribution >= 0.6 is 0 Å². The van der Waals surface area contributed by atoms with Crippen molar-refractivity contribution in [1.82, 2.24) is 19.6 Å². The van der Waals surface area contributed by atoms with E-state index >= 15 is 0 Å². The first kappa shape index (κ1) is 9.26. The highest BCUT2D eigenvalue weighted by Gasteiger charge is 2.47. The van der Waals surface area contributed by atoms with E-state index in [2.05, 4.69) is 15.2 Å². The van der Waals surface area contributed by atoms with E-state index in [-0.39, 0.29) is 11.8 Å². The molecule has 6 nitrogen and oxygen atoms in total. The third kappa shape index (κ3) is 1.26. The van der Waals surface area contributed by atoms with Gasteiger partial charge in [0, 0.05) is 17.7 Å². The van der Waals surface area contributed by atoms with Gasteiger partial charge in [-0.15, -0.1) is 10.2 Å². The van der Waals surface area contributed by atoms with E-state index in [1.54, 1.807) is 10.7 Å². The minimum Gasteiger partial charge on any atom is -0.481 e. The van der Waals surface area contributed by atoms with Gasteiger partial charge in [-0.25, -0.2) is 4.98 Å². The molecule has 2 unspecified atom stereocenters. The summed E-state index contributed by atoms with van der Waals surface area (Å²) in [6.07, 6.45) is 2.29. The zero-order valence-electron chi connectivity index (χ0n) is 8.66. The van der Waals surface area contributed by atoms with Crippen molar-refractivity contribution in [3.63, 3.8) is 0 Å². The molecular formula is C10H10N4O2. The van der Waals surface area contributed by atoms with Crippen LogP contribution in [-0.4, -0.2) is 30.7 Å². The summed E-state index contributed by atoms with van der Waals surface area (Å²) in [4.78, 5) is 14.9. The molecule has 0 radical (unpaired) electrons. The highest BCUT2D eigenvalue weighted by atomic mass is 16.4. The Kier molecular flexibility index (Phi) is 1.74. The molecule has 6 heteroatoms. The van der Waals surface area contributed by atoms with E-state index in [0.29, 0.717) is 12.2 Å². The molecule has 0 bridgehead atoms. The number of carboxylic acid groups (broad SMARTS) is 1. The molecule has 2 heterocycles. The van der Waals surface area contributed by atoms with Crippen molar-refractivity contribution in [3.8, 4) is 0 Å². The van der Waals surface area contributed by atoms with Crippen molar-refractivity contribution in [1.29, 1.82) is 0 Å². The molecule has 2 atom stereocenters. The molecule has 0 aromatic carbocycles. The third-order valence-electron chi connectivity index (χ3n) is 2.90. The van der Waals surface area contributed by atoms with Gasteiger partial charge in [0.2, 0.25) is 0 Å². The van der Waals surface area contributed by atoms with Crippen LogP contribution in [0.2, 0.25) is 0 Å². The van der Waals surface area contributed by atoms with Crippen molar-refractivity contribution in [2.75, 3.05) is 0 Å². The number of carboxylic acids is 1. The average Bonchev–Trinajstić information content (AvgIpc) is 2.93. The number of carbonyl (C=O) groups is 1. The molecule has 1 aliphatic carbocycles. The van der Waals surface area contributed by atoms with Crippen molar-refractivity contribution in [2.45, 2.75) is 19.3 Å². The van der Waals surface area contributed by atoms with Crippen LogP contribution in [0.15, 0.2) is 12.4 Å². The molecule has 2 aromatic rings. The molecule has 16 heavy (non-hydrogen) atoms. The van der Waals surface area contributed by atoms with E-state index in [9.17, 15) is 4.79 Å². The van der Waals surface area contributed by atoms with E-state index < -0.39 is 5.97 Å². The molecule has 1 N–H and O–H groups in total. The lowest BCUT2D eigenvalue weighted by Gasteiger charge is -1.97. The van der Waals surface area contributed by atoms with Crippen LogP contribution in [0.25, 0.3) is 5.65 Å². The van der Waals surface area contributed by atoms with Crippen LogP contribution in [0.3, 0.4) is 0 Å². The Labute approximate surface area is 91.0 Å². The zero-order valence-corrected chi connectivity index (χ0v) is 8.66. The Morgan fingerprint density at radius 2 is 2.38 bits per heavy atom. The summed E-state index contributed by atoms with van der Waals surface area (Å²) in [7, 11) is 0. The van der Waals surface area contributed by atoms with E-state index in [1.165, 1.54) is 0 Å². The molecule has 1 aliphatic rings. The molecule has 0 spiro atoms. The van der Waals surface area contributed by atoms with Gasteiger partial charge >= 0.3 is 5.97 Å². The smallest absolute Gasteiger partial charge is 0.307 e. The maximum absolute atomic E-state index is 10.8. The first-order valence-corrected chi connectivity index (χ1v) is 5.07. The number of nitrogens with zero attached hydrogens (tertiary/aromatic N) is 4. The summed E-state index contributed by atoms with van der Waals surface area (Å²) in [6, 6.07) is 1.83. The van der Waals surface area contributed by atoms with E-state index in [0.717, 1.165) is 11.3 Å². The number of aromatic nitrogens is 4. The summed E-state index contributed by atoms with van der Waals surface area (Å²) in [5.74, 6) is -0.387. The quantitative estimate of drug-likeness (QED) is 0.799. The van der Waals surface area contributed by atoms with Crippen LogP contribution in [-0.2, 0) is 4.79 Å². The standard InChI is InChI=1S/C10H10N4O2/c1-5-2-8-12-13-9(14(8)4-11-5)6-3-7(6)10(15)16/h2,4,6-7H,3H2,1H3,(H,15,16). The maximum atomic E-state index is 10.8. The normalized spacial score (nSPS) is 23.6. The number of rotatable bonds is 2. The first-order chi connectivity index (χ1) is 7.66. The number of hydrogen-bond acceptors (Lipinski definition) is 4. The summed E-state index contributed by atoms with van der Waals surface area (Å²) >= 11 is 0. The fourth-order valence-electron chi connectivity index (χ4n) is 1.91. The predicted molar refractivity (Wildman–Crippen MR) is 54.0 cm³/mol. The second-order valence-electron chi connectivity index (χ2n) is 4.10. The summed E-state index contributed by atoms with van der Waals surface area (Å²) in [6.45, 7) is 1.88. The molecule has 0 aliphatic heterocycles. The highest BCUT2D eigenvalue weighted by molar-refractivity contribution is 5.74. The predicted octanol–water partition coefficient (Wildman–Crippen LogP) is 0.621. The van der Waals surface area contributed by atoms with Gasteiger partial charge in [0.15, 0.2) is 5.65 Å². The Bertz CT molecular complexity index is 577. The zero-order chi connectivity index (χ0) is 11.3. The molecular weight excluding hydrogens is 208 g/mol. The average molecular weight is 218 g/mol. The van der Waals surface area contributed by atoms with Crippen LogP contribution in [0.5, 0.6) is 0 Å². The monoisotopic (exact) mass is 218 g/mol. The number of hydrogen-bond donors (Lipinski definition) is 1. The lowest BCUT2D eigenvalue weighted by Crippen LogP contribution is -2.02. The minimum absolute atomic E-state index is 0.0167. The molecule has 1 saturated carbocycles. The number of fused-ring (bicyclic) bond motifs is 1. The highest BCUT2D eigenvalue weighted by Crippen LogP contribution is 2.46. The van der Waals surface area contributed by atoms with Gasteiger partial charge in [0.05, 0.1) is 5.92 Å². The van der Waals surface area contributed by atoms with Gasteiger partial charge in [-0.3, -0.25) is 9.20 Å². The molecule has 2 aromatic heterocycles. The molecule has 0 amide bonds. The first-order valence-electron chi connectivity index (χ1n) is 5.07. The van der Waals surface area contributed by atoms with Gasteiger partial charge in [-0.05, 0) is 13.3 Å². The Balaban J connectivity index is 2.03. The van der Waals surface area contributed by atoms with Crippen LogP contribution in [0.4, 0.5) is 0 Å². The lowest BCUT2D eigenvalue weighted by atomic mass is 10.3. The summed E-state index contributed by atoms with van der Waals surface area (Å²) in [5, 5.41) is 16.9. The SMILES string of the molecule is Cc1cc2nnc(C3CC3C(=O)O)n2cn1. The number of aliphatic carboxylic acids is 1. The maximum Gasteiger partial charge on any atom is 0.307 e. The minimum atomic E-state index is -0.762. The van der Waals surface area contributed by atoms with Gasteiger partial charge < -0.3 is 5.11 Å². The van der Waals surface area contributed by atoms with Gasteiger partial charge in [0.1, 0.15) is 12.2 Å². The van der Waals surface area contributed by atoms with Crippen LogP contribution < -0.4 is 0 Å². The summed E-state index contributed by atoms with van der Waals surface area (Å²) < 4.78 is 1.76. The second kappa shape index (κ2) is 3.01. The van der Waals surface area contributed by atoms with Crippen molar-refractivity contribution in [3.05, 3.63) is 23.9 Å². The van der Waals surface area contributed by atoms with Crippen LogP contribution in [0.1, 0.15) is 23.9 Å². The van der Waals surface area contributed by atoms with Gasteiger partial charge in [-0.2, -0.15) is 0 Å². The van der Waals surface area contributed by atoms with Crippen molar-refractivity contribution in [2.24, 2.45) is 5.92 Å². The van der Waals surface area contributed by atoms with Crippen molar-refractivity contribution >= 4 is 11.6 Å². The van der Waals surface area contributed by atoms with E-state index in [4.69, 9.17) is 5.11 Å². The Morgan fingerprint density at radius 1 is 1.56 bits per heavy atom. The topological polar surface area (TPSA) is 80.4 Å². The lowest BCUT2D eigenvalue weighted by molar-refractivity contribution is -0.138. The molecule has 3 rings (SSSR count). The fourth-order valence-corrected chi connectivity index (χ4v) is 1.91. The molecule has 0 saturated heterocycles. The van der Waals surface area contributed by atoms with Crippen LogP contribution in [0, 0.1) is 12.8 Å². The number of aryl methyl sites for hydroxylation is 1. The van der Waals surface area contributed by atoms with Crippen molar-refractivity contribution < 1.29 is 9.90 Å².